The highest BCUT2D eigenvalue weighted by Gasteiger charge is 2.50. The van der Waals surface area contributed by atoms with Gasteiger partial charge in [-0.1, -0.05) is 0 Å². The number of hydrogen-bond donors (Lipinski definition) is 1. The van der Waals surface area contributed by atoms with Crippen LogP contribution in [0, 0.1) is 5.92 Å². The van der Waals surface area contributed by atoms with E-state index < -0.39 is 30.3 Å². The van der Waals surface area contributed by atoms with E-state index in [0.717, 1.165) is 4.90 Å². The van der Waals surface area contributed by atoms with Crippen LogP contribution in [0.15, 0.2) is 34.5 Å². The number of hydrogen-bond acceptors (Lipinski definition) is 7. The number of aliphatic imine (C=N–C) groups is 1. The molecule has 3 aliphatic rings. The smallest absolute Gasteiger partial charge is 0.446 e. The van der Waals surface area contributed by atoms with E-state index in [9.17, 15) is 14.4 Å². The number of carbonyl (C=O) groups excluding carboxylic acids is 3. The molecule has 1 aromatic carbocycles. The normalized spacial score (nSPS) is 20.4. The van der Waals surface area contributed by atoms with E-state index in [2.05, 4.69) is 10.3 Å². The molecule has 1 aromatic rings. The van der Waals surface area contributed by atoms with Gasteiger partial charge in [0, 0.05) is 17.3 Å². The molecule has 3 aliphatic heterocycles. The first-order chi connectivity index (χ1) is 14.4. The first kappa shape index (κ1) is 19.6. The molecule has 10 heteroatoms. The maximum atomic E-state index is 13.1. The van der Waals surface area contributed by atoms with Gasteiger partial charge in [0.15, 0.2) is 24.0 Å². The van der Waals surface area contributed by atoms with E-state index in [0.29, 0.717) is 41.7 Å². The molecule has 3 heterocycles. The van der Waals surface area contributed by atoms with Crippen molar-refractivity contribution in [3.05, 3.63) is 29.5 Å². The van der Waals surface area contributed by atoms with Gasteiger partial charge in [0.05, 0.1) is 14.2 Å². The molecule has 156 valence electrons. The van der Waals surface area contributed by atoms with Crippen LogP contribution >= 0.6 is 0 Å². The maximum absolute atomic E-state index is 13.1. The van der Waals surface area contributed by atoms with Crippen LogP contribution < -0.4 is 14.8 Å². The van der Waals surface area contributed by atoms with Crippen molar-refractivity contribution in [2.24, 2.45) is 10.9 Å². The Morgan fingerprint density at radius 3 is 2.77 bits per heavy atom. The number of amidine groups is 1. The maximum Gasteiger partial charge on any atom is 0.446 e. The lowest BCUT2D eigenvalue weighted by atomic mass is 9.96. The Kier molecular flexibility index (Phi) is 4.98. The Balaban J connectivity index is 1.54. The van der Waals surface area contributed by atoms with Gasteiger partial charge < -0.3 is 19.5 Å². The largest absolute Gasteiger partial charge is 0.499 e. The number of carbonyl (C=O) groups is 3. The van der Waals surface area contributed by atoms with Crippen LogP contribution in [0.5, 0.6) is 11.5 Å². The molecule has 0 saturated heterocycles. The molecular formula is C20H21N4O6+. The Morgan fingerprint density at radius 2 is 2.03 bits per heavy atom. The highest BCUT2D eigenvalue weighted by Crippen LogP contribution is 2.32. The molecule has 0 spiro atoms. The summed E-state index contributed by atoms with van der Waals surface area (Å²) in [5, 5.41) is 2.68. The number of benzene rings is 1. The van der Waals surface area contributed by atoms with Crippen LogP contribution in [0.3, 0.4) is 0 Å². The van der Waals surface area contributed by atoms with Crippen LogP contribution in [0.4, 0.5) is 10.5 Å². The number of urea groups is 1. The number of amides is 4. The molecule has 1 N–H and O–H groups in total. The highest BCUT2D eigenvalue weighted by atomic mass is 16.6. The van der Waals surface area contributed by atoms with Crippen LogP contribution in [0.2, 0.25) is 0 Å². The Labute approximate surface area is 172 Å². The summed E-state index contributed by atoms with van der Waals surface area (Å²) in [5.41, 5.74) is 1.15. The molecule has 4 rings (SSSR count). The number of imide groups is 1. The average molecular weight is 413 g/mol. The summed E-state index contributed by atoms with van der Waals surface area (Å²) in [6.45, 7) is 2.21. The molecular weight excluding hydrogens is 392 g/mol. The number of fused-ring (bicyclic) bond motifs is 2. The van der Waals surface area contributed by atoms with Gasteiger partial charge >= 0.3 is 11.9 Å². The van der Waals surface area contributed by atoms with E-state index >= 15 is 0 Å². The first-order valence-electron chi connectivity index (χ1n) is 9.35. The lowest BCUT2D eigenvalue weighted by Crippen LogP contribution is -2.56. The summed E-state index contributed by atoms with van der Waals surface area (Å²) in [5.74, 6) is -0.156. The summed E-state index contributed by atoms with van der Waals surface area (Å²) < 4.78 is 17.6. The van der Waals surface area contributed by atoms with Gasteiger partial charge in [-0.25, -0.2) is 4.79 Å². The van der Waals surface area contributed by atoms with Crippen molar-refractivity contribution in [3.63, 3.8) is 0 Å². The number of allylic oxidation sites excluding steroid dienone is 1. The third kappa shape index (κ3) is 3.30. The number of ether oxygens (including phenoxy) is 3. The van der Waals surface area contributed by atoms with Gasteiger partial charge in [-0.15, -0.1) is 4.99 Å². The number of rotatable bonds is 4. The molecule has 0 radical (unpaired) electrons. The Hall–Kier alpha value is -3.69. The third-order valence-electron chi connectivity index (χ3n) is 5.02. The number of nitrogens with zero attached hydrogens (tertiary/aromatic N) is 3. The van der Waals surface area contributed by atoms with Crippen molar-refractivity contribution in [2.45, 2.75) is 6.92 Å². The predicted octanol–water partition coefficient (Wildman–Crippen LogP) is 1.02. The summed E-state index contributed by atoms with van der Waals surface area (Å²) in [7, 11) is 2.96. The number of anilines is 1. The van der Waals surface area contributed by atoms with E-state index in [1.165, 1.54) is 18.7 Å². The molecule has 1 unspecified atom stereocenters. The molecule has 0 aliphatic carbocycles. The van der Waals surface area contributed by atoms with Crippen molar-refractivity contribution < 1.29 is 33.2 Å². The molecule has 30 heavy (non-hydrogen) atoms. The van der Waals surface area contributed by atoms with Crippen molar-refractivity contribution >= 4 is 35.6 Å². The summed E-state index contributed by atoms with van der Waals surface area (Å²) in [4.78, 5) is 43.5. The summed E-state index contributed by atoms with van der Waals surface area (Å²) >= 11 is 0. The minimum Gasteiger partial charge on any atom is -0.499 e. The first-order valence-corrected chi connectivity index (χ1v) is 9.35. The molecule has 0 aromatic heterocycles. The Bertz CT molecular complexity index is 1040. The van der Waals surface area contributed by atoms with Crippen molar-refractivity contribution in [3.8, 4) is 11.5 Å². The zero-order valence-corrected chi connectivity index (χ0v) is 16.8. The second kappa shape index (κ2) is 7.62. The molecule has 0 fully saturated rings. The standard InChI is InChI=1S/C20H20N4O6/c1-11-9-21-18-16(17(11)28-3)19(26)24(20(27)23(18)2)10-15(25)22-12-4-5-13-14(8-12)30-7-6-29-13/h4-5,8-9,16H,6-7,10H2,1-3H3/p+1. The zero-order chi connectivity index (χ0) is 21.4. The second-order valence-electron chi connectivity index (χ2n) is 6.97. The topological polar surface area (TPSA) is 110 Å². The summed E-state index contributed by atoms with van der Waals surface area (Å²) in [6.07, 6.45) is 1.55. The van der Waals surface area contributed by atoms with Crippen LogP contribution in [0.25, 0.3) is 0 Å². The quantitative estimate of drug-likeness (QED) is 0.738. The minimum absolute atomic E-state index is 0.274. The van der Waals surface area contributed by atoms with Crippen molar-refractivity contribution in [1.29, 1.82) is 0 Å². The van der Waals surface area contributed by atoms with Gasteiger partial charge in [-0.3, -0.25) is 9.59 Å². The fraction of sp³-hybridized carbons (Fsp3) is 0.350. The van der Waals surface area contributed by atoms with Crippen LogP contribution in [0.1, 0.15) is 6.92 Å². The minimum atomic E-state index is -0.871. The van der Waals surface area contributed by atoms with Crippen LogP contribution in [-0.4, -0.2) is 73.3 Å². The third-order valence-corrected chi connectivity index (χ3v) is 5.02. The SMILES string of the molecule is COC1=C(C)C=NC2=[N+](C)C(=O)N(CC(=O)Nc3ccc4c(c3)OCCO4)C(=O)C12. The average Bonchev–Trinajstić information content (AvgIpc) is 2.74. The molecule has 0 bridgehead atoms. The van der Waals surface area contributed by atoms with E-state index in [-0.39, 0.29) is 5.84 Å². The van der Waals surface area contributed by atoms with Gasteiger partial charge in [-0.2, -0.15) is 9.48 Å². The number of methoxy groups -OCH3 is 1. The number of nitrogens with one attached hydrogen (secondary N) is 1. The van der Waals surface area contributed by atoms with E-state index in [1.54, 1.807) is 31.3 Å². The highest BCUT2D eigenvalue weighted by molar-refractivity contribution is 6.17. The number of dihydropyridines is 1. The lowest BCUT2D eigenvalue weighted by Gasteiger charge is -2.28. The lowest BCUT2D eigenvalue weighted by molar-refractivity contribution is -0.408. The molecule has 10 nitrogen and oxygen atoms in total. The van der Waals surface area contributed by atoms with Crippen LogP contribution in [-0.2, 0) is 14.3 Å². The molecule has 0 saturated carbocycles. The molecule has 4 amide bonds. The zero-order valence-electron chi connectivity index (χ0n) is 16.8. The summed E-state index contributed by atoms with van der Waals surface area (Å²) in [6, 6.07) is 4.36. The fourth-order valence-corrected chi connectivity index (χ4v) is 3.57. The van der Waals surface area contributed by atoms with Gasteiger partial charge in [0.1, 0.15) is 25.2 Å². The van der Waals surface area contributed by atoms with Gasteiger partial charge in [0.2, 0.25) is 0 Å². The predicted molar refractivity (Wildman–Crippen MR) is 106 cm³/mol. The van der Waals surface area contributed by atoms with E-state index in [1.807, 2.05) is 0 Å². The van der Waals surface area contributed by atoms with Crippen molar-refractivity contribution in [1.82, 2.24) is 4.90 Å². The second-order valence-corrected chi connectivity index (χ2v) is 6.97. The van der Waals surface area contributed by atoms with Crippen molar-refractivity contribution in [2.75, 3.05) is 39.2 Å². The fourth-order valence-electron chi connectivity index (χ4n) is 3.57. The van der Waals surface area contributed by atoms with Gasteiger partial charge in [0.25, 0.3) is 11.7 Å². The molecule has 1 atom stereocenters. The Morgan fingerprint density at radius 1 is 1.30 bits per heavy atom. The monoisotopic (exact) mass is 413 g/mol. The van der Waals surface area contributed by atoms with Gasteiger partial charge in [-0.05, 0) is 19.1 Å². The van der Waals surface area contributed by atoms with E-state index in [4.69, 9.17) is 14.2 Å².